The lowest BCUT2D eigenvalue weighted by Crippen LogP contribution is -2.30. The molecule has 6 N–H and O–H groups in total. The van der Waals surface area contributed by atoms with Gasteiger partial charge in [0.1, 0.15) is 12.7 Å². The zero-order chi connectivity index (χ0) is 43.1. The van der Waals surface area contributed by atoms with E-state index >= 15 is 0 Å². The molecule has 0 fully saturated rings. The van der Waals surface area contributed by atoms with Crippen LogP contribution < -0.4 is 0 Å². The first-order valence-corrected chi connectivity index (χ1v) is 23.4. The predicted molar refractivity (Wildman–Crippen MR) is 228 cm³/mol. The van der Waals surface area contributed by atoms with Crippen molar-refractivity contribution >= 4 is 19.8 Å². The first kappa shape index (κ1) is 55.8. The molecule has 0 bridgehead atoms. The molecule has 0 aliphatic heterocycles. The highest BCUT2D eigenvalue weighted by Crippen LogP contribution is 2.43. The van der Waals surface area contributed by atoms with Crippen molar-refractivity contribution in [3.63, 3.8) is 0 Å². The summed E-state index contributed by atoms with van der Waals surface area (Å²) < 4.78 is 32.5. The average molecular weight is 847 g/mol. The molecule has 0 rings (SSSR count). The van der Waals surface area contributed by atoms with Gasteiger partial charge in [-0.05, 0) is 25.7 Å². The van der Waals surface area contributed by atoms with Crippen molar-refractivity contribution in [2.75, 3.05) is 26.4 Å². The number of esters is 2. The third-order valence-electron chi connectivity index (χ3n) is 9.35. The summed E-state index contributed by atoms with van der Waals surface area (Å²) in [5.41, 5.74) is 0. The quantitative estimate of drug-likeness (QED) is 0.0149. The van der Waals surface area contributed by atoms with Crippen LogP contribution >= 0.6 is 7.82 Å². The van der Waals surface area contributed by atoms with Crippen molar-refractivity contribution in [2.45, 2.75) is 192 Å². The SMILES string of the molecule is CCCCCCCCCCCCCCCCCC(=O)OCC(COP(=O)(O)OCC(O)CO)OC(=O)CCCC(O)C(O)\C=C/C=C\C=C\C=C/C(O)CCCCC. The van der Waals surface area contributed by atoms with Gasteiger partial charge in [-0.2, -0.15) is 0 Å². The van der Waals surface area contributed by atoms with Crippen LogP contribution in [0.25, 0.3) is 0 Å². The lowest BCUT2D eigenvalue weighted by atomic mass is 10.0. The fourth-order valence-electron chi connectivity index (χ4n) is 5.79. The van der Waals surface area contributed by atoms with Gasteiger partial charge in [-0.15, -0.1) is 0 Å². The standard InChI is InChI=1S/C44H79O13P/c1-3-5-7-8-9-10-11-12-13-14-15-16-17-22-26-32-43(50)54-36-40(37-56-58(52,53)55-35-39(47)34-45)57-44(51)33-27-31-42(49)41(48)30-25-21-19-18-20-24-29-38(46)28-23-6-4-2/h18-21,24-25,29-30,38-42,45-49H,3-17,22-23,26-28,31-37H2,1-2H3,(H,52,53)/b20-18+,21-19-,29-24-,30-25-. The number of unbranched alkanes of at least 4 members (excludes halogenated alkanes) is 16. The van der Waals surface area contributed by atoms with Crippen LogP contribution in [0.4, 0.5) is 0 Å². The van der Waals surface area contributed by atoms with Gasteiger partial charge in [-0.25, -0.2) is 4.57 Å². The van der Waals surface area contributed by atoms with Gasteiger partial charge in [0.2, 0.25) is 0 Å². The molecule has 6 unspecified atom stereocenters. The molecule has 6 atom stereocenters. The van der Waals surface area contributed by atoms with E-state index in [0.29, 0.717) is 6.42 Å². The van der Waals surface area contributed by atoms with E-state index in [2.05, 4.69) is 18.4 Å². The minimum Gasteiger partial charge on any atom is -0.462 e. The summed E-state index contributed by atoms with van der Waals surface area (Å²) in [5.74, 6) is -1.25. The highest BCUT2D eigenvalue weighted by molar-refractivity contribution is 7.47. The average Bonchev–Trinajstić information content (AvgIpc) is 3.20. The Morgan fingerprint density at radius 1 is 0.569 bits per heavy atom. The number of phosphoric ester groups is 1. The number of aliphatic hydroxyl groups excluding tert-OH is 5. The maximum atomic E-state index is 12.6. The Hall–Kier alpha value is -2.19. The van der Waals surface area contributed by atoms with Crippen molar-refractivity contribution < 1.29 is 63.1 Å². The largest absolute Gasteiger partial charge is 0.472 e. The molecule has 13 nitrogen and oxygen atoms in total. The molecule has 0 saturated carbocycles. The van der Waals surface area contributed by atoms with E-state index in [1.165, 1.54) is 76.7 Å². The number of ether oxygens (including phenoxy) is 2. The summed E-state index contributed by atoms with van der Waals surface area (Å²) in [6.07, 6.45) is 30.1. The highest BCUT2D eigenvalue weighted by atomic mass is 31.2. The molecule has 338 valence electrons. The molecule has 0 aromatic rings. The molecule has 0 radical (unpaired) electrons. The minimum absolute atomic E-state index is 0.0673. The Kier molecular flexibility index (Phi) is 37.5. The second-order valence-electron chi connectivity index (χ2n) is 14.9. The van der Waals surface area contributed by atoms with Gasteiger partial charge >= 0.3 is 19.8 Å². The maximum Gasteiger partial charge on any atom is 0.472 e. The first-order valence-electron chi connectivity index (χ1n) is 21.9. The molecule has 0 spiro atoms. The van der Waals surface area contributed by atoms with Gasteiger partial charge < -0.3 is 39.9 Å². The Balaban J connectivity index is 4.63. The molecule has 0 aliphatic carbocycles. The van der Waals surface area contributed by atoms with Crippen molar-refractivity contribution in [1.82, 2.24) is 0 Å². The van der Waals surface area contributed by atoms with Gasteiger partial charge in [0.15, 0.2) is 6.10 Å². The van der Waals surface area contributed by atoms with Gasteiger partial charge in [0, 0.05) is 12.8 Å². The Bertz CT molecular complexity index is 1160. The highest BCUT2D eigenvalue weighted by Gasteiger charge is 2.27. The number of hydrogen-bond acceptors (Lipinski definition) is 12. The second-order valence-corrected chi connectivity index (χ2v) is 16.4. The van der Waals surface area contributed by atoms with Gasteiger partial charge in [-0.3, -0.25) is 18.6 Å². The van der Waals surface area contributed by atoms with Crippen LogP contribution in [-0.2, 0) is 32.7 Å². The van der Waals surface area contributed by atoms with Crippen LogP contribution in [0.1, 0.15) is 162 Å². The first-order chi connectivity index (χ1) is 27.9. The molecule has 0 heterocycles. The molecule has 14 heteroatoms. The number of hydrogen-bond donors (Lipinski definition) is 6. The smallest absolute Gasteiger partial charge is 0.462 e. The monoisotopic (exact) mass is 847 g/mol. The van der Waals surface area contributed by atoms with E-state index < -0.39 is 76.7 Å². The number of phosphoric acid groups is 1. The van der Waals surface area contributed by atoms with Gasteiger partial charge in [-0.1, -0.05) is 172 Å². The maximum absolute atomic E-state index is 12.6. The summed E-state index contributed by atoms with van der Waals surface area (Å²) in [7, 11) is -4.71. The third kappa shape index (κ3) is 36.9. The lowest BCUT2D eigenvalue weighted by molar-refractivity contribution is -0.161. The van der Waals surface area contributed by atoms with E-state index in [4.69, 9.17) is 19.1 Å². The van der Waals surface area contributed by atoms with Crippen molar-refractivity contribution in [3.8, 4) is 0 Å². The number of carbonyl (C=O) groups excluding carboxylic acids is 2. The zero-order valence-electron chi connectivity index (χ0n) is 35.6. The van der Waals surface area contributed by atoms with Crippen LogP contribution in [0.2, 0.25) is 0 Å². The number of aliphatic hydroxyl groups is 5. The van der Waals surface area contributed by atoms with Crippen LogP contribution in [-0.4, -0.2) is 99.3 Å². The normalized spacial score (nSPS) is 15.9. The number of rotatable bonds is 40. The fraction of sp³-hybridized carbons (Fsp3) is 0.773. The van der Waals surface area contributed by atoms with E-state index in [1.807, 2.05) is 0 Å². The molecule has 0 aliphatic rings. The molecule has 0 saturated heterocycles. The summed E-state index contributed by atoms with van der Waals surface area (Å²) in [6.45, 7) is 1.88. The molecule has 0 amide bonds. The van der Waals surface area contributed by atoms with Crippen LogP contribution in [0.3, 0.4) is 0 Å². The third-order valence-corrected chi connectivity index (χ3v) is 10.3. The number of allylic oxidation sites excluding steroid dienone is 6. The Morgan fingerprint density at radius 2 is 1.05 bits per heavy atom. The van der Waals surface area contributed by atoms with Crippen molar-refractivity contribution in [3.05, 3.63) is 48.6 Å². The Morgan fingerprint density at radius 3 is 1.62 bits per heavy atom. The zero-order valence-corrected chi connectivity index (χ0v) is 36.5. The Labute approximate surface area is 349 Å². The van der Waals surface area contributed by atoms with Crippen LogP contribution in [0.5, 0.6) is 0 Å². The molecular weight excluding hydrogens is 767 g/mol. The summed E-state index contributed by atoms with van der Waals surface area (Å²) >= 11 is 0. The topological polar surface area (TPSA) is 210 Å². The summed E-state index contributed by atoms with van der Waals surface area (Å²) in [6, 6.07) is 0. The molecular formula is C44H79O13P. The molecule has 0 aromatic carbocycles. The van der Waals surface area contributed by atoms with Crippen LogP contribution in [0, 0.1) is 0 Å². The number of carbonyl (C=O) groups is 2. The van der Waals surface area contributed by atoms with Gasteiger partial charge in [0.05, 0.1) is 38.1 Å². The fourth-order valence-corrected chi connectivity index (χ4v) is 6.58. The van der Waals surface area contributed by atoms with E-state index in [0.717, 1.165) is 44.9 Å². The lowest BCUT2D eigenvalue weighted by Gasteiger charge is -2.20. The van der Waals surface area contributed by atoms with Crippen molar-refractivity contribution in [2.24, 2.45) is 0 Å². The van der Waals surface area contributed by atoms with E-state index in [-0.39, 0.29) is 25.7 Å². The van der Waals surface area contributed by atoms with E-state index in [1.54, 1.807) is 42.5 Å². The van der Waals surface area contributed by atoms with Gasteiger partial charge in [0.25, 0.3) is 0 Å². The molecule has 0 aromatic heterocycles. The summed E-state index contributed by atoms with van der Waals surface area (Å²) in [5, 5.41) is 48.8. The van der Waals surface area contributed by atoms with Crippen LogP contribution in [0.15, 0.2) is 48.6 Å². The molecule has 58 heavy (non-hydrogen) atoms. The second kappa shape index (κ2) is 39.0. The van der Waals surface area contributed by atoms with E-state index in [9.17, 15) is 39.5 Å². The summed E-state index contributed by atoms with van der Waals surface area (Å²) in [4.78, 5) is 35.0. The predicted octanol–water partition coefficient (Wildman–Crippen LogP) is 8.25. The minimum atomic E-state index is -4.71. The van der Waals surface area contributed by atoms with Crippen molar-refractivity contribution in [1.29, 1.82) is 0 Å².